The van der Waals surface area contributed by atoms with Crippen molar-refractivity contribution in [1.29, 1.82) is 0 Å². The lowest BCUT2D eigenvalue weighted by Crippen LogP contribution is -1.92. The number of nitrogens with zero attached hydrogens (tertiary/aromatic N) is 1. The SMILES string of the molecule is O=C(O)/C=C/c1ccc(Oc2ccc3c(c2)OCO3)nc1. The van der Waals surface area contributed by atoms with E-state index < -0.39 is 5.97 Å². The van der Waals surface area contributed by atoms with Crippen molar-refractivity contribution in [3.63, 3.8) is 0 Å². The highest BCUT2D eigenvalue weighted by molar-refractivity contribution is 5.85. The highest BCUT2D eigenvalue weighted by atomic mass is 16.7. The zero-order valence-electron chi connectivity index (χ0n) is 10.9. The molecular formula is C15H11NO5. The van der Waals surface area contributed by atoms with E-state index in [1.54, 1.807) is 30.3 Å². The Labute approximate surface area is 120 Å². The van der Waals surface area contributed by atoms with E-state index in [-0.39, 0.29) is 6.79 Å². The number of rotatable bonds is 4. The van der Waals surface area contributed by atoms with Crippen molar-refractivity contribution in [3.05, 3.63) is 48.2 Å². The molecule has 0 saturated heterocycles. The monoisotopic (exact) mass is 285 g/mol. The fourth-order valence-electron chi connectivity index (χ4n) is 1.78. The standard InChI is InChI=1S/C15H11NO5/c17-15(18)6-2-10-1-5-14(16-8-10)21-11-3-4-12-13(7-11)20-9-19-12/h1-8H,9H2,(H,17,18)/b6-2+. The van der Waals surface area contributed by atoms with Crippen LogP contribution in [0.5, 0.6) is 23.1 Å². The van der Waals surface area contributed by atoms with Crippen LogP contribution in [0.2, 0.25) is 0 Å². The fourth-order valence-corrected chi connectivity index (χ4v) is 1.78. The maximum atomic E-state index is 10.4. The van der Waals surface area contributed by atoms with Crippen molar-refractivity contribution >= 4 is 12.0 Å². The molecule has 1 aromatic heterocycles. The molecule has 6 heteroatoms. The van der Waals surface area contributed by atoms with Gasteiger partial charge in [-0.05, 0) is 29.8 Å². The molecule has 0 atom stereocenters. The largest absolute Gasteiger partial charge is 0.478 e. The Hall–Kier alpha value is -3.02. The van der Waals surface area contributed by atoms with E-state index in [9.17, 15) is 4.79 Å². The Morgan fingerprint density at radius 1 is 1.24 bits per heavy atom. The minimum absolute atomic E-state index is 0.210. The zero-order valence-corrected chi connectivity index (χ0v) is 10.9. The summed E-state index contributed by atoms with van der Waals surface area (Å²) in [5.74, 6) is 1.30. The van der Waals surface area contributed by atoms with Crippen LogP contribution in [0.15, 0.2) is 42.6 Å². The Morgan fingerprint density at radius 3 is 2.86 bits per heavy atom. The van der Waals surface area contributed by atoms with Gasteiger partial charge < -0.3 is 19.3 Å². The first-order valence-electron chi connectivity index (χ1n) is 6.15. The summed E-state index contributed by atoms with van der Waals surface area (Å²) in [7, 11) is 0. The number of carboxylic acid groups (broad SMARTS) is 1. The van der Waals surface area contributed by atoms with Gasteiger partial charge in [0.2, 0.25) is 12.7 Å². The summed E-state index contributed by atoms with van der Waals surface area (Å²) >= 11 is 0. The molecule has 106 valence electrons. The third-order valence-electron chi connectivity index (χ3n) is 2.74. The summed E-state index contributed by atoms with van der Waals surface area (Å²) < 4.78 is 16.1. The molecule has 0 spiro atoms. The van der Waals surface area contributed by atoms with Gasteiger partial charge in [-0.2, -0.15) is 0 Å². The number of ether oxygens (including phenoxy) is 3. The molecule has 1 N–H and O–H groups in total. The van der Waals surface area contributed by atoms with E-state index in [1.807, 2.05) is 0 Å². The second kappa shape index (κ2) is 5.54. The number of hydrogen-bond acceptors (Lipinski definition) is 5. The first-order valence-corrected chi connectivity index (χ1v) is 6.15. The van der Waals surface area contributed by atoms with Crippen LogP contribution >= 0.6 is 0 Å². The number of fused-ring (bicyclic) bond motifs is 1. The Kier molecular flexibility index (Phi) is 3.42. The van der Waals surface area contributed by atoms with Crippen LogP contribution in [0.3, 0.4) is 0 Å². The fraction of sp³-hybridized carbons (Fsp3) is 0.0667. The second-order valence-corrected chi connectivity index (χ2v) is 4.22. The van der Waals surface area contributed by atoms with Crippen molar-refractivity contribution in [1.82, 2.24) is 4.98 Å². The van der Waals surface area contributed by atoms with Gasteiger partial charge in [0.05, 0.1) is 0 Å². The molecule has 1 aliphatic rings. The Bertz CT molecular complexity index is 694. The van der Waals surface area contributed by atoms with Gasteiger partial charge in [-0.1, -0.05) is 0 Å². The predicted molar refractivity (Wildman–Crippen MR) is 73.5 cm³/mol. The van der Waals surface area contributed by atoms with Crippen LogP contribution in [-0.4, -0.2) is 22.9 Å². The lowest BCUT2D eigenvalue weighted by atomic mass is 10.2. The number of pyridine rings is 1. The van der Waals surface area contributed by atoms with E-state index in [4.69, 9.17) is 19.3 Å². The molecule has 2 heterocycles. The number of carbonyl (C=O) groups is 1. The molecule has 0 aliphatic carbocycles. The third kappa shape index (κ3) is 3.11. The van der Waals surface area contributed by atoms with Gasteiger partial charge in [0.1, 0.15) is 5.75 Å². The van der Waals surface area contributed by atoms with Crippen LogP contribution in [0.1, 0.15) is 5.56 Å². The second-order valence-electron chi connectivity index (χ2n) is 4.22. The van der Waals surface area contributed by atoms with Crippen molar-refractivity contribution in [2.45, 2.75) is 0 Å². The van der Waals surface area contributed by atoms with Crippen LogP contribution in [0.25, 0.3) is 6.08 Å². The molecule has 0 bridgehead atoms. The molecular weight excluding hydrogens is 274 g/mol. The van der Waals surface area contributed by atoms with E-state index in [0.717, 1.165) is 6.08 Å². The van der Waals surface area contributed by atoms with Crippen molar-refractivity contribution in [2.24, 2.45) is 0 Å². The molecule has 0 saturated carbocycles. The van der Waals surface area contributed by atoms with Crippen molar-refractivity contribution < 1.29 is 24.1 Å². The number of hydrogen-bond donors (Lipinski definition) is 1. The van der Waals surface area contributed by atoms with Crippen LogP contribution in [0, 0.1) is 0 Å². The highest BCUT2D eigenvalue weighted by Crippen LogP contribution is 2.36. The maximum Gasteiger partial charge on any atom is 0.328 e. The summed E-state index contributed by atoms with van der Waals surface area (Å²) in [6, 6.07) is 8.62. The Morgan fingerprint density at radius 2 is 2.10 bits per heavy atom. The summed E-state index contributed by atoms with van der Waals surface area (Å²) in [4.78, 5) is 14.5. The van der Waals surface area contributed by atoms with Crippen LogP contribution < -0.4 is 14.2 Å². The van der Waals surface area contributed by atoms with E-state index in [2.05, 4.69) is 4.98 Å². The third-order valence-corrected chi connectivity index (χ3v) is 2.74. The molecule has 0 fully saturated rings. The first kappa shape index (κ1) is 13.0. The number of benzene rings is 1. The number of aromatic nitrogens is 1. The average molecular weight is 285 g/mol. The van der Waals surface area contributed by atoms with Gasteiger partial charge in [0.15, 0.2) is 11.5 Å². The van der Waals surface area contributed by atoms with Crippen LogP contribution in [0.4, 0.5) is 0 Å². The molecule has 21 heavy (non-hydrogen) atoms. The minimum atomic E-state index is -1.00. The van der Waals surface area contributed by atoms with Gasteiger partial charge >= 0.3 is 5.97 Å². The Balaban J connectivity index is 1.72. The minimum Gasteiger partial charge on any atom is -0.478 e. The topological polar surface area (TPSA) is 77.9 Å². The summed E-state index contributed by atoms with van der Waals surface area (Å²) in [5, 5.41) is 8.55. The molecule has 0 radical (unpaired) electrons. The maximum absolute atomic E-state index is 10.4. The van der Waals surface area contributed by atoms with E-state index >= 15 is 0 Å². The van der Waals surface area contributed by atoms with E-state index in [0.29, 0.717) is 28.7 Å². The van der Waals surface area contributed by atoms with Gasteiger partial charge in [-0.15, -0.1) is 0 Å². The molecule has 3 rings (SSSR count). The van der Waals surface area contributed by atoms with Crippen molar-refractivity contribution in [3.8, 4) is 23.1 Å². The molecule has 2 aromatic rings. The molecule has 1 aliphatic heterocycles. The molecule has 0 unspecified atom stereocenters. The van der Waals surface area contributed by atoms with Gasteiger partial charge in [0.25, 0.3) is 0 Å². The summed E-state index contributed by atoms with van der Waals surface area (Å²) in [6.07, 6.45) is 4.04. The first-order chi connectivity index (χ1) is 10.2. The lowest BCUT2D eigenvalue weighted by molar-refractivity contribution is -0.131. The average Bonchev–Trinajstić information content (AvgIpc) is 2.94. The highest BCUT2D eigenvalue weighted by Gasteiger charge is 2.14. The van der Waals surface area contributed by atoms with Crippen LogP contribution in [-0.2, 0) is 4.79 Å². The molecule has 6 nitrogen and oxygen atoms in total. The summed E-state index contributed by atoms with van der Waals surface area (Å²) in [5.41, 5.74) is 0.676. The van der Waals surface area contributed by atoms with Gasteiger partial charge in [0, 0.05) is 24.4 Å². The van der Waals surface area contributed by atoms with Crippen molar-refractivity contribution in [2.75, 3.05) is 6.79 Å². The number of carboxylic acids is 1. The zero-order chi connectivity index (χ0) is 14.7. The van der Waals surface area contributed by atoms with E-state index in [1.165, 1.54) is 12.3 Å². The quantitative estimate of drug-likeness (QED) is 0.870. The lowest BCUT2D eigenvalue weighted by Gasteiger charge is -2.05. The normalized spacial score (nSPS) is 12.6. The molecule has 1 aromatic carbocycles. The smallest absolute Gasteiger partial charge is 0.328 e. The molecule has 0 amide bonds. The predicted octanol–water partition coefficient (Wildman–Crippen LogP) is 2.70. The summed E-state index contributed by atoms with van der Waals surface area (Å²) in [6.45, 7) is 0.210. The van der Waals surface area contributed by atoms with Gasteiger partial charge in [-0.25, -0.2) is 9.78 Å². The van der Waals surface area contributed by atoms with Gasteiger partial charge in [-0.3, -0.25) is 0 Å². The number of aliphatic carboxylic acids is 1.